The summed E-state index contributed by atoms with van der Waals surface area (Å²) in [6.07, 6.45) is 1.64. The molecule has 0 aliphatic rings. The molecule has 0 spiro atoms. The third-order valence-corrected chi connectivity index (χ3v) is 3.51. The molecule has 0 bridgehead atoms. The summed E-state index contributed by atoms with van der Waals surface area (Å²) in [5.74, 6) is 0.637. The van der Waals surface area contributed by atoms with Crippen molar-refractivity contribution in [3.8, 4) is 11.4 Å². The molecular formula is C10H5BrCl2N2S. The Labute approximate surface area is 116 Å². The summed E-state index contributed by atoms with van der Waals surface area (Å²) < 4.78 is 1.33. The minimum Gasteiger partial charge on any atom is -0.330 e. The number of halogens is 3. The molecule has 0 unspecified atom stereocenters. The van der Waals surface area contributed by atoms with Gasteiger partial charge in [0.2, 0.25) is 0 Å². The molecule has 0 saturated heterocycles. The predicted molar refractivity (Wildman–Crippen MR) is 72.6 cm³/mol. The highest BCUT2D eigenvalue weighted by molar-refractivity contribution is 9.10. The van der Waals surface area contributed by atoms with Gasteiger partial charge in [0.15, 0.2) is 0 Å². The Hall–Kier alpha value is -0.420. The van der Waals surface area contributed by atoms with Crippen molar-refractivity contribution in [1.29, 1.82) is 0 Å². The number of aromatic amines is 1. The van der Waals surface area contributed by atoms with Crippen LogP contribution in [0.1, 0.15) is 0 Å². The van der Waals surface area contributed by atoms with E-state index in [1.54, 1.807) is 24.4 Å². The zero-order valence-electron chi connectivity index (χ0n) is 7.80. The van der Waals surface area contributed by atoms with Gasteiger partial charge in [-0.1, -0.05) is 35.4 Å². The van der Waals surface area contributed by atoms with Gasteiger partial charge in [0.25, 0.3) is 0 Å². The highest BCUT2D eigenvalue weighted by atomic mass is 79.9. The Morgan fingerprint density at radius 2 is 1.81 bits per heavy atom. The number of H-pyrrole nitrogens is 1. The average Bonchev–Trinajstić information content (AvgIpc) is 2.20. The van der Waals surface area contributed by atoms with Crippen molar-refractivity contribution in [2.45, 2.75) is 0 Å². The Bertz CT molecular complexity index is 577. The molecular weight excluding hydrogens is 331 g/mol. The molecule has 1 N–H and O–H groups in total. The van der Waals surface area contributed by atoms with Crippen molar-refractivity contribution in [1.82, 2.24) is 9.97 Å². The lowest BCUT2D eigenvalue weighted by Crippen LogP contribution is -1.89. The minimum absolute atomic E-state index is 0.562. The molecule has 0 aliphatic heterocycles. The largest absolute Gasteiger partial charge is 0.330 e. The second kappa shape index (κ2) is 4.84. The molecule has 2 nitrogen and oxygen atoms in total. The number of rotatable bonds is 1. The standard InChI is InChI=1S/C10H5BrCl2N2S/c11-8-4-14-9(15-10(8)16)5-1-6(12)3-7(13)2-5/h1-4H,(H,14,15,16). The third kappa shape index (κ3) is 2.63. The summed E-state index contributed by atoms with van der Waals surface area (Å²) >= 11 is 20.2. The van der Waals surface area contributed by atoms with E-state index in [-0.39, 0.29) is 0 Å². The zero-order chi connectivity index (χ0) is 11.7. The van der Waals surface area contributed by atoms with E-state index in [9.17, 15) is 0 Å². The lowest BCUT2D eigenvalue weighted by molar-refractivity contribution is 1.14. The highest BCUT2D eigenvalue weighted by Gasteiger charge is 2.04. The van der Waals surface area contributed by atoms with Crippen molar-refractivity contribution in [2.75, 3.05) is 0 Å². The smallest absolute Gasteiger partial charge is 0.138 e. The van der Waals surface area contributed by atoms with Crippen molar-refractivity contribution in [2.24, 2.45) is 0 Å². The first-order valence-electron chi connectivity index (χ1n) is 4.27. The SMILES string of the molecule is S=c1[nH]c(-c2cc(Cl)cc(Cl)c2)ncc1Br. The van der Waals surface area contributed by atoms with Crippen LogP contribution in [0.4, 0.5) is 0 Å². The Morgan fingerprint density at radius 1 is 1.19 bits per heavy atom. The van der Waals surface area contributed by atoms with Crippen LogP contribution in [-0.2, 0) is 0 Å². The maximum Gasteiger partial charge on any atom is 0.138 e. The molecule has 1 aromatic heterocycles. The first-order chi connectivity index (χ1) is 7.56. The molecule has 0 aliphatic carbocycles. The molecule has 6 heteroatoms. The normalized spacial score (nSPS) is 10.4. The first kappa shape index (κ1) is 12.0. The summed E-state index contributed by atoms with van der Waals surface area (Å²) in [7, 11) is 0. The average molecular weight is 336 g/mol. The van der Waals surface area contributed by atoms with E-state index in [4.69, 9.17) is 35.4 Å². The van der Waals surface area contributed by atoms with E-state index in [0.717, 1.165) is 10.0 Å². The zero-order valence-corrected chi connectivity index (χ0v) is 11.7. The summed E-state index contributed by atoms with van der Waals surface area (Å²) in [6.45, 7) is 0. The van der Waals surface area contributed by atoms with Crippen LogP contribution in [0.25, 0.3) is 11.4 Å². The Balaban J connectivity index is 2.58. The maximum atomic E-state index is 5.91. The molecule has 0 amide bonds. The van der Waals surface area contributed by atoms with Crippen LogP contribution in [0.5, 0.6) is 0 Å². The predicted octanol–water partition coefficient (Wildman–Crippen LogP) is 4.88. The van der Waals surface area contributed by atoms with Crippen LogP contribution in [0.2, 0.25) is 10.0 Å². The molecule has 82 valence electrons. The number of hydrogen-bond acceptors (Lipinski definition) is 2. The van der Waals surface area contributed by atoms with Crippen LogP contribution in [-0.4, -0.2) is 9.97 Å². The monoisotopic (exact) mass is 334 g/mol. The molecule has 0 radical (unpaired) electrons. The third-order valence-electron chi connectivity index (χ3n) is 1.89. The number of nitrogens with one attached hydrogen (secondary N) is 1. The molecule has 1 aromatic carbocycles. The number of aromatic nitrogens is 2. The van der Waals surface area contributed by atoms with Crippen LogP contribution in [0.3, 0.4) is 0 Å². The maximum absolute atomic E-state index is 5.91. The van der Waals surface area contributed by atoms with E-state index < -0.39 is 0 Å². The second-order valence-electron chi connectivity index (χ2n) is 3.07. The molecule has 16 heavy (non-hydrogen) atoms. The van der Waals surface area contributed by atoms with Crippen LogP contribution >= 0.6 is 51.3 Å². The highest BCUT2D eigenvalue weighted by Crippen LogP contribution is 2.25. The van der Waals surface area contributed by atoms with Crippen LogP contribution < -0.4 is 0 Å². The summed E-state index contributed by atoms with van der Waals surface area (Å²) in [6, 6.07) is 5.21. The summed E-state index contributed by atoms with van der Waals surface area (Å²) in [5.41, 5.74) is 0.802. The van der Waals surface area contributed by atoms with Gasteiger partial charge in [0.05, 0.1) is 4.47 Å². The molecule has 2 rings (SSSR count). The lowest BCUT2D eigenvalue weighted by atomic mass is 10.2. The fourth-order valence-corrected chi connectivity index (χ4v) is 2.09. The number of benzene rings is 1. The number of hydrogen-bond donors (Lipinski definition) is 1. The fourth-order valence-electron chi connectivity index (χ4n) is 1.22. The fraction of sp³-hybridized carbons (Fsp3) is 0. The van der Waals surface area contributed by atoms with Gasteiger partial charge in [-0.15, -0.1) is 0 Å². The topological polar surface area (TPSA) is 28.7 Å². The summed E-state index contributed by atoms with van der Waals surface area (Å²) in [4.78, 5) is 7.19. The minimum atomic E-state index is 0.562. The first-order valence-corrected chi connectivity index (χ1v) is 6.23. The van der Waals surface area contributed by atoms with Gasteiger partial charge in [-0.2, -0.15) is 0 Å². The van der Waals surface area contributed by atoms with Crippen LogP contribution in [0.15, 0.2) is 28.9 Å². The molecule has 0 saturated carbocycles. The molecule has 1 heterocycles. The van der Waals surface area contributed by atoms with Gasteiger partial charge in [-0.3, -0.25) is 0 Å². The van der Waals surface area contributed by atoms with Gasteiger partial charge in [-0.05, 0) is 34.1 Å². The van der Waals surface area contributed by atoms with E-state index in [2.05, 4.69) is 25.9 Å². The van der Waals surface area contributed by atoms with E-state index >= 15 is 0 Å². The van der Waals surface area contributed by atoms with Crippen molar-refractivity contribution in [3.05, 3.63) is 43.6 Å². The van der Waals surface area contributed by atoms with Crippen LogP contribution in [0, 0.1) is 4.64 Å². The van der Waals surface area contributed by atoms with E-state index in [1.165, 1.54) is 0 Å². The van der Waals surface area contributed by atoms with Gasteiger partial charge in [0, 0.05) is 21.8 Å². The van der Waals surface area contributed by atoms with Crippen molar-refractivity contribution < 1.29 is 0 Å². The van der Waals surface area contributed by atoms with Gasteiger partial charge < -0.3 is 4.98 Å². The second-order valence-corrected chi connectivity index (χ2v) is 5.20. The molecule has 0 fully saturated rings. The molecule has 2 aromatic rings. The van der Waals surface area contributed by atoms with Gasteiger partial charge in [-0.25, -0.2) is 4.98 Å². The van der Waals surface area contributed by atoms with Gasteiger partial charge in [0.1, 0.15) is 10.5 Å². The Morgan fingerprint density at radius 3 is 2.38 bits per heavy atom. The lowest BCUT2D eigenvalue weighted by Gasteiger charge is -2.03. The number of nitrogens with zero attached hydrogens (tertiary/aromatic N) is 1. The quantitative estimate of drug-likeness (QED) is 0.753. The van der Waals surface area contributed by atoms with Crippen molar-refractivity contribution in [3.63, 3.8) is 0 Å². The van der Waals surface area contributed by atoms with Crippen molar-refractivity contribution >= 4 is 51.3 Å². The van der Waals surface area contributed by atoms with E-state index in [1.807, 2.05) is 0 Å². The summed E-state index contributed by atoms with van der Waals surface area (Å²) in [5, 5.41) is 1.12. The Kier molecular flexibility index (Phi) is 3.64. The van der Waals surface area contributed by atoms with E-state index in [0.29, 0.717) is 20.5 Å². The molecule has 0 atom stereocenters. The van der Waals surface area contributed by atoms with Gasteiger partial charge >= 0.3 is 0 Å².